The van der Waals surface area contributed by atoms with Crippen molar-refractivity contribution in [1.82, 2.24) is 10.2 Å². The van der Waals surface area contributed by atoms with Crippen molar-refractivity contribution >= 4 is 35.0 Å². The summed E-state index contributed by atoms with van der Waals surface area (Å²) in [6, 6.07) is 12.1. The van der Waals surface area contributed by atoms with Crippen LogP contribution in [-0.2, 0) is 16.1 Å². The Labute approximate surface area is 224 Å². The van der Waals surface area contributed by atoms with E-state index in [2.05, 4.69) is 5.32 Å². The van der Waals surface area contributed by atoms with Crippen LogP contribution in [-0.4, -0.2) is 42.5 Å². The maximum atomic E-state index is 13.4. The van der Waals surface area contributed by atoms with Crippen molar-refractivity contribution in [2.24, 2.45) is 0 Å². The van der Waals surface area contributed by atoms with Crippen LogP contribution in [0.4, 0.5) is 0 Å². The Morgan fingerprint density at radius 1 is 1.03 bits per heavy atom. The SMILES string of the molecule is CCC(C(=O)NC1CCCCC1)N(Cc1c(Cl)cccc1Cl)C(=O)CCCOc1ccc(OC)cc1. The molecule has 36 heavy (non-hydrogen) atoms. The third-order valence-electron chi connectivity index (χ3n) is 6.59. The predicted molar refractivity (Wildman–Crippen MR) is 144 cm³/mol. The summed E-state index contributed by atoms with van der Waals surface area (Å²) in [5.41, 5.74) is 0.646. The summed E-state index contributed by atoms with van der Waals surface area (Å²) in [6.45, 7) is 2.48. The highest BCUT2D eigenvalue weighted by Gasteiger charge is 2.31. The maximum absolute atomic E-state index is 13.4. The van der Waals surface area contributed by atoms with Crippen molar-refractivity contribution in [3.8, 4) is 11.5 Å². The van der Waals surface area contributed by atoms with Gasteiger partial charge in [0.2, 0.25) is 11.8 Å². The van der Waals surface area contributed by atoms with Gasteiger partial charge in [-0.2, -0.15) is 0 Å². The van der Waals surface area contributed by atoms with Crippen LogP contribution >= 0.6 is 23.2 Å². The molecule has 0 aromatic heterocycles. The standard InChI is InChI=1S/C28H36Cl2N2O4/c1-3-26(28(34)31-20-9-5-4-6-10-20)32(19-23-24(29)11-7-12-25(23)30)27(33)13-8-18-36-22-16-14-21(35-2)15-17-22/h7,11-12,14-17,20,26H,3-6,8-10,13,18-19H2,1-2H3,(H,31,34). The smallest absolute Gasteiger partial charge is 0.243 e. The average molecular weight is 536 g/mol. The van der Waals surface area contributed by atoms with Crippen molar-refractivity contribution in [2.75, 3.05) is 13.7 Å². The van der Waals surface area contributed by atoms with Gasteiger partial charge in [-0.25, -0.2) is 0 Å². The highest BCUT2D eigenvalue weighted by atomic mass is 35.5. The molecule has 0 bridgehead atoms. The van der Waals surface area contributed by atoms with Gasteiger partial charge in [0.05, 0.1) is 13.7 Å². The maximum Gasteiger partial charge on any atom is 0.243 e. The molecule has 3 rings (SSSR count). The Bertz CT molecular complexity index is 973. The number of nitrogens with zero attached hydrogens (tertiary/aromatic N) is 1. The van der Waals surface area contributed by atoms with E-state index >= 15 is 0 Å². The molecule has 1 aliphatic carbocycles. The zero-order valence-corrected chi connectivity index (χ0v) is 22.6. The number of amides is 2. The fourth-order valence-corrected chi connectivity index (χ4v) is 5.06. The quantitative estimate of drug-likeness (QED) is 0.319. The Morgan fingerprint density at radius 3 is 2.28 bits per heavy atom. The number of carbonyl (C=O) groups excluding carboxylic acids is 2. The molecule has 0 radical (unpaired) electrons. The molecule has 1 aliphatic rings. The molecule has 196 valence electrons. The number of nitrogens with one attached hydrogen (secondary N) is 1. The molecule has 0 heterocycles. The van der Waals surface area contributed by atoms with E-state index < -0.39 is 6.04 Å². The van der Waals surface area contributed by atoms with Crippen LogP contribution in [0, 0.1) is 0 Å². The third kappa shape index (κ3) is 8.04. The van der Waals surface area contributed by atoms with E-state index in [1.54, 1.807) is 30.2 Å². The number of methoxy groups -OCH3 is 1. The largest absolute Gasteiger partial charge is 0.497 e. The molecule has 1 unspecified atom stereocenters. The number of rotatable bonds is 12. The highest BCUT2D eigenvalue weighted by molar-refractivity contribution is 6.36. The van der Waals surface area contributed by atoms with Crippen molar-refractivity contribution in [3.05, 3.63) is 58.1 Å². The fourth-order valence-electron chi connectivity index (χ4n) is 4.55. The lowest BCUT2D eigenvalue weighted by molar-refractivity contribution is -0.142. The molecule has 2 aromatic rings. The van der Waals surface area contributed by atoms with E-state index in [4.69, 9.17) is 32.7 Å². The molecule has 8 heteroatoms. The van der Waals surface area contributed by atoms with Crippen molar-refractivity contribution in [1.29, 1.82) is 0 Å². The van der Waals surface area contributed by atoms with Crippen LogP contribution in [0.1, 0.15) is 63.9 Å². The van der Waals surface area contributed by atoms with Gasteiger partial charge in [0, 0.05) is 34.6 Å². The topological polar surface area (TPSA) is 67.9 Å². The summed E-state index contributed by atoms with van der Waals surface area (Å²) in [5.74, 6) is 1.22. The lowest BCUT2D eigenvalue weighted by Gasteiger charge is -2.33. The lowest BCUT2D eigenvalue weighted by Crippen LogP contribution is -2.51. The van der Waals surface area contributed by atoms with E-state index in [0.29, 0.717) is 40.8 Å². The average Bonchev–Trinajstić information content (AvgIpc) is 2.89. The summed E-state index contributed by atoms with van der Waals surface area (Å²) in [7, 11) is 1.61. The molecule has 0 aliphatic heterocycles. The van der Waals surface area contributed by atoms with E-state index in [1.807, 2.05) is 31.2 Å². The second-order valence-electron chi connectivity index (χ2n) is 9.12. The van der Waals surface area contributed by atoms with Crippen LogP contribution in [0.25, 0.3) is 0 Å². The molecule has 2 aromatic carbocycles. The van der Waals surface area contributed by atoms with Crippen molar-refractivity contribution < 1.29 is 19.1 Å². The minimum atomic E-state index is -0.603. The van der Waals surface area contributed by atoms with Gasteiger partial charge < -0.3 is 19.7 Å². The fraction of sp³-hybridized carbons (Fsp3) is 0.500. The first-order valence-corrected chi connectivity index (χ1v) is 13.5. The molecule has 1 fully saturated rings. The first-order chi connectivity index (χ1) is 17.4. The number of ether oxygens (including phenoxy) is 2. The Kier molecular flexibility index (Phi) is 11.2. The summed E-state index contributed by atoms with van der Waals surface area (Å²) < 4.78 is 10.9. The van der Waals surface area contributed by atoms with E-state index in [-0.39, 0.29) is 30.8 Å². The first-order valence-electron chi connectivity index (χ1n) is 12.7. The van der Waals surface area contributed by atoms with Crippen molar-refractivity contribution in [2.45, 2.75) is 76.9 Å². The van der Waals surface area contributed by atoms with Gasteiger partial charge in [0.25, 0.3) is 0 Å². The van der Waals surface area contributed by atoms with Gasteiger partial charge in [-0.15, -0.1) is 0 Å². The third-order valence-corrected chi connectivity index (χ3v) is 7.30. The zero-order chi connectivity index (χ0) is 25.9. The first kappa shape index (κ1) is 28.1. The molecule has 1 N–H and O–H groups in total. The van der Waals surface area contributed by atoms with Crippen LogP contribution < -0.4 is 14.8 Å². The molecule has 2 amide bonds. The number of carbonyl (C=O) groups is 2. The van der Waals surface area contributed by atoms with Crippen LogP contribution in [0.5, 0.6) is 11.5 Å². The van der Waals surface area contributed by atoms with Crippen LogP contribution in [0.2, 0.25) is 10.0 Å². The van der Waals surface area contributed by atoms with Gasteiger partial charge >= 0.3 is 0 Å². The summed E-state index contributed by atoms with van der Waals surface area (Å²) in [6.07, 6.45) is 6.65. The van der Waals surface area contributed by atoms with Gasteiger partial charge in [0.15, 0.2) is 0 Å². The van der Waals surface area contributed by atoms with Gasteiger partial charge in [0.1, 0.15) is 17.5 Å². The Balaban J connectivity index is 1.68. The number of hydrogen-bond acceptors (Lipinski definition) is 4. The molecule has 1 saturated carbocycles. The summed E-state index contributed by atoms with van der Waals surface area (Å²) in [5, 5.41) is 4.14. The lowest BCUT2D eigenvalue weighted by atomic mass is 9.95. The second kappa shape index (κ2) is 14.3. The van der Waals surface area contributed by atoms with Crippen LogP contribution in [0.3, 0.4) is 0 Å². The number of halogens is 2. The van der Waals surface area contributed by atoms with Crippen LogP contribution in [0.15, 0.2) is 42.5 Å². The molecule has 0 spiro atoms. The molecular weight excluding hydrogens is 499 g/mol. The molecular formula is C28H36Cl2N2O4. The van der Waals surface area contributed by atoms with Gasteiger partial charge in [-0.1, -0.05) is 55.5 Å². The van der Waals surface area contributed by atoms with Gasteiger partial charge in [-0.3, -0.25) is 9.59 Å². The van der Waals surface area contributed by atoms with Gasteiger partial charge in [-0.05, 0) is 62.1 Å². The zero-order valence-electron chi connectivity index (χ0n) is 21.1. The Morgan fingerprint density at radius 2 is 1.67 bits per heavy atom. The number of hydrogen-bond donors (Lipinski definition) is 1. The second-order valence-corrected chi connectivity index (χ2v) is 9.93. The minimum absolute atomic E-state index is 0.115. The summed E-state index contributed by atoms with van der Waals surface area (Å²) in [4.78, 5) is 28.4. The molecule has 1 atom stereocenters. The summed E-state index contributed by atoms with van der Waals surface area (Å²) >= 11 is 12.9. The van der Waals surface area contributed by atoms with E-state index in [0.717, 1.165) is 31.4 Å². The predicted octanol–water partition coefficient (Wildman–Crippen LogP) is 6.42. The highest BCUT2D eigenvalue weighted by Crippen LogP contribution is 2.28. The Hall–Kier alpha value is -2.44. The molecule has 6 nitrogen and oxygen atoms in total. The number of benzene rings is 2. The normalized spacial score (nSPS) is 14.7. The van der Waals surface area contributed by atoms with Crippen molar-refractivity contribution in [3.63, 3.8) is 0 Å². The van der Waals surface area contributed by atoms with E-state index in [9.17, 15) is 9.59 Å². The molecule has 0 saturated heterocycles. The monoisotopic (exact) mass is 534 g/mol. The van der Waals surface area contributed by atoms with E-state index in [1.165, 1.54) is 6.42 Å². The minimum Gasteiger partial charge on any atom is -0.497 e.